The number of ether oxygens (including phenoxy) is 2. The third kappa shape index (κ3) is 6.31. The Balaban J connectivity index is 1.52. The van der Waals surface area contributed by atoms with E-state index in [2.05, 4.69) is 0 Å². The van der Waals surface area contributed by atoms with Crippen LogP contribution in [0.2, 0.25) is 0 Å². The number of likely N-dealkylation sites (tertiary alicyclic amines) is 2. The van der Waals surface area contributed by atoms with Gasteiger partial charge in [-0.25, -0.2) is 9.59 Å². The molecule has 2 fully saturated rings. The molecule has 9 nitrogen and oxygen atoms in total. The number of aliphatic hydroxyl groups excluding tert-OH is 1. The summed E-state index contributed by atoms with van der Waals surface area (Å²) in [5, 5.41) is 10.1. The molecule has 0 aliphatic carbocycles. The Morgan fingerprint density at radius 2 is 1.70 bits per heavy atom. The van der Waals surface area contributed by atoms with Crippen LogP contribution in [0.25, 0.3) is 0 Å². The van der Waals surface area contributed by atoms with Crippen LogP contribution in [0.1, 0.15) is 45.6 Å². The lowest BCUT2D eigenvalue weighted by Gasteiger charge is -2.35. The number of β-amino-alcohol motifs (C(OH)–C–C–N with tert-alkyl or cyclic N) is 1. The Morgan fingerprint density at radius 1 is 1.06 bits per heavy atom. The monoisotopic (exact) mass is 460 g/mol. The molecule has 33 heavy (non-hydrogen) atoms. The fourth-order valence-electron chi connectivity index (χ4n) is 3.97. The predicted molar refractivity (Wildman–Crippen MR) is 118 cm³/mol. The van der Waals surface area contributed by atoms with E-state index in [4.69, 9.17) is 9.47 Å². The van der Waals surface area contributed by atoms with E-state index in [9.17, 15) is 24.3 Å². The van der Waals surface area contributed by atoms with Gasteiger partial charge < -0.3 is 19.5 Å². The number of ketones is 1. The van der Waals surface area contributed by atoms with Crippen molar-refractivity contribution >= 4 is 23.8 Å². The number of piperidine rings is 1. The highest BCUT2D eigenvalue weighted by atomic mass is 16.6. The van der Waals surface area contributed by atoms with Gasteiger partial charge in [-0.2, -0.15) is 0 Å². The minimum atomic E-state index is -0.849. The van der Waals surface area contributed by atoms with Gasteiger partial charge in [0.05, 0.1) is 12.6 Å². The van der Waals surface area contributed by atoms with E-state index in [0.717, 1.165) is 5.56 Å². The lowest BCUT2D eigenvalue weighted by Crippen LogP contribution is -2.51. The molecule has 2 aliphatic rings. The lowest BCUT2D eigenvalue weighted by molar-refractivity contribution is -0.163. The highest BCUT2D eigenvalue weighted by Crippen LogP contribution is 2.24. The molecule has 2 aliphatic heterocycles. The van der Waals surface area contributed by atoms with Gasteiger partial charge in [0, 0.05) is 37.8 Å². The van der Waals surface area contributed by atoms with E-state index in [0.29, 0.717) is 25.9 Å². The van der Waals surface area contributed by atoms with E-state index in [-0.39, 0.29) is 25.5 Å². The number of benzene rings is 1. The number of esters is 1. The maximum Gasteiger partial charge on any atom is 0.410 e. The van der Waals surface area contributed by atoms with Gasteiger partial charge in [0.1, 0.15) is 18.8 Å². The van der Waals surface area contributed by atoms with Crippen molar-refractivity contribution in [2.75, 3.05) is 19.6 Å². The standard InChI is InChI=1S/C24H32N2O7/c1-24(2,3)20(28)22(30)33-18-9-11-25(12-10-18)21(29)19-13-17(27)14-26(19)23(31)32-15-16-7-5-4-6-8-16/h4-8,17-19,27H,9-15H2,1-3H3/t17?,19-/m0/s1. The van der Waals surface area contributed by atoms with Crippen LogP contribution in [0, 0.1) is 5.41 Å². The normalized spacial score (nSPS) is 21.6. The second-order valence-corrected chi connectivity index (χ2v) is 9.61. The van der Waals surface area contributed by atoms with E-state index in [1.807, 2.05) is 30.3 Å². The van der Waals surface area contributed by atoms with Crippen LogP contribution in [0.4, 0.5) is 4.79 Å². The van der Waals surface area contributed by atoms with E-state index >= 15 is 0 Å². The zero-order valence-corrected chi connectivity index (χ0v) is 19.4. The number of rotatable bonds is 5. The van der Waals surface area contributed by atoms with Crippen molar-refractivity contribution in [3.63, 3.8) is 0 Å². The van der Waals surface area contributed by atoms with Crippen molar-refractivity contribution in [1.82, 2.24) is 9.80 Å². The number of Topliss-reactive ketones (excluding diaryl/α,β-unsaturated/α-hetero) is 1. The third-order valence-electron chi connectivity index (χ3n) is 5.90. The summed E-state index contributed by atoms with van der Waals surface area (Å²) in [4.78, 5) is 52.7. The van der Waals surface area contributed by atoms with Crippen molar-refractivity contribution in [3.8, 4) is 0 Å². The summed E-state index contributed by atoms with van der Waals surface area (Å²) >= 11 is 0. The molecule has 2 atom stereocenters. The first kappa shape index (κ1) is 24.7. The summed E-state index contributed by atoms with van der Waals surface area (Å²) < 4.78 is 10.7. The Bertz CT molecular complexity index is 873. The number of amides is 2. The molecule has 3 rings (SSSR count). The summed E-state index contributed by atoms with van der Waals surface area (Å²) in [5.41, 5.74) is 0.0189. The lowest BCUT2D eigenvalue weighted by atomic mass is 9.91. The Kier molecular flexibility index (Phi) is 7.73. The smallest absolute Gasteiger partial charge is 0.410 e. The van der Waals surface area contributed by atoms with Gasteiger partial charge in [-0.15, -0.1) is 0 Å². The molecule has 180 valence electrons. The van der Waals surface area contributed by atoms with Crippen molar-refractivity contribution in [2.24, 2.45) is 5.41 Å². The fraction of sp³-hybridized carbons (Fsp3) is 0.583. The molecule has 2 heterocycles. The largest absolute Gasteiger partial charge is 0.456 e. The van der Waals surface area contributed by atoms with Crippen LogP contribution < -0.4 is 0 Å². The minimum Gasteiger partial charge on any atom is -0.456 e. The van der Waals surface area contributed by atoms with E-state index < -0.39 is 41.5 Å². The number of aliphatic hydroxyl groups is 1. The molecule has 1 unspecified atom stereocenters. The number of nitrogens with zero attached hydrogens (tertiary/aromatic N) is 2. The van der Waals surface area contributed by atoms with Crippen molar-refractivity contribution in [3.05, 3.63) is 35.9 Å². The Hall–Kier alpha value is -2.94. The summed E-state index contributed by atoms with van der Waals surface area (Å²) in [5.74, 6) is -1.69. The van der Waals surface area contributed by atoms with E-state index in [1.165, 1.54) is 4.90 Å². The zero-order chi connectivity index (χ0) is 24.2. The average molecular weight is 461 g/mol. The van der Waals surface area contributed by atoms with Crippen LogP contribution >= 0.6 is 0 Å². The second kappa shape index (κ2) is 10.3. The summed E-state index contributed by atoms with van der Waals surface area (Å²) in [6, 6.07) is 8.42. The average Bonchev–Trinajstić information content (AvgIpc) is 3.18. The third-order valence-corrected chi connectivity index (χ3v) is 5.90. The fourth-order valence-corrected chi connectivity index (χ4v) is 3.97. The predicted octanol–water partition coefficient (Wildman–Crippen LogP) is 1.91. The van der Waals surface area contributed by atoms with E-state index in [1.54, 1.807) is 25.7 Å². The number of carbonyl (C=O) groups is 4. The Labute approximate surface area is 193 Å². The molecule has 0 bridgehead atoms. The molecule has 1 aromatic carbocycles. The quantitative estimate of drug-likeness (QED) is 0.527. The van der Waals surface area contributed by atoms with Gasteiger partial charge in [-0.1, -0.05) is 51.1 Å². The first-order valence-electron chi connectivity index (χ1n) is 11.3. The maximum atomic E-state index is 13.1. The second-order valence-electron chi connectivity index (χ2n) is 9.61. The van der Waals surface area contributed by atoms with Crippen LogP contribution in [0.3, 0.4) is 0 Å². The van der Waals surface area contributed by atoms with Gasteiger partial charge in [-0.3, -0.25) is 14.5 Å². The van der Waals surface area contributed by atoms with Gasteiger partial charge in [-0.05, 0) is 5.56 Å². The molecular weight excluding hydrogens is 428 g/mol. The Morgan fingerprint density at radius 3 is 2.30 bits per heavy atom. The molecule has 1 N–H and O–H groups in total. The minimum absolute atomic E-state index is 0.0347. The topological polar surface area (TPSA) is 113 Å². The van der Waals surface area contributed by atoms with Gasteiger partial charge in [0.2, 0.25) is 11.7 Å². The van der Waals surface area contributed by atoms with Gasteiger partial charge in [0.15, 0.2) is 0 Å². The highest BCUT2D eigenvalue weighted by Gasteiger charge is 2.42. The van der Waals surface area contributed by atoms with Crippen molar-refractivity contribution in [2.45, 2.75) is 64.9 Å². The molecule has 1 aromatic rings. The summed E-state index contributed by atoms with van der Waals surface area (Å²) in [6.45, 7) is 5.75. The molecule has 0 radical (unpaired) electrons. The molecule has 0 saturated carbocycles. The number of carbonyl (C=O) groups excluding carboxylic acids is 4. The van der Waals surface area contributed by atoms with Crippen LogP contribution in [0.15, 0.2) is 30.3 Å². The molecule has 2 saturated heterocycles. The summed E-state index contributed by atoms with van der Waals surface area (Å²) in [7, 11) is 0. The first-order valence-corrected chi connectivity index (χ1v) is 11.3. The van der Waals surface area contributed by atoms with Gasteiger partial charge in [0.25, 0.3) is 0 Å². The number of hydrogen-bond donors (Lipinski definition) is 1. The highest BCUT2D eigenvalue weighted by molar-refractivity contribution is 6.35. The number of hydrogen-bond acceptors (Lipinski definition) is 7. The van der Waals surface area contributed by atoms with Crippen LogP contribution in [-0.2, 0) is 30.5 Å². The van der Waals surface area contributed by atoms with Gasteiger partial charge >= 0.3 is 12.1 Å². The molecule has 0 aromatic heterocycles. The van der Waals surface area contributed by atoms with Crippen molar-refractivity contribution < 1.29 is 33.8 Å². The molecule has 2 amide bonds. The van der Waals surface area contributed by atoms with Crippen LogP contribution in [0.5, 0.6) is 0 Å². The first-order chi connectivity index (χ1) is 15.6. The maximum absolute atomic E-state index is 13.1. The molecule has 0 spiro atoms. The molecular formula is C24H32N2O7. The van der Waals surface area contributed by atoms with Crippen LogP contribution in [-0.4, -0.2) is 76.5 Å². The summed E-state index contributed by atoms with van der Waals surface area (Å²) in [6.07, 6.45) is -0.920. The SMILES string of the molecule is CC(C)(C)C(=O)C(=O)OC1CCN(C(=O)[C@@H]2CC(O)CN2C(=O)OCc2ccccc2)CC1. The molecule has 9 heteroatoms. The van der Waals surface area contributed by atoms with Crippen molar-refractivity contribution in [1.29, 1.82) is 0 Å². The zero-order valence-electron chi connectivity index (χ0n) is 19.4.